The van der Waals surface area contributed by atoms with Crippen LogP contribution in [0.5, 0.6) is 0 Å². The lowest BCUT2D eigenvalue weighted by Gasteiger charge is -2.23. The zero-order chi connectivity index (χ0) is 22.4. The predicted molar refractivity (Wildman–Crippen MR) is 114 cm³/mol. The van der Waals surface area contributed by atoms with Crippen molar-refractivity contribution in [3.8, 4) is 0 Å². The second-order valence-electron chi connectivity index (χ2n) is 7.44. The van der Waals surface area contributed by atoms with Crippen molar-refractivity contribution in [2.75, 3.05) is 0 Å². The van der Waals surface area contributed by atoms with Crippen molar-refractivity contribution in [2.45, 2.75) is 83.6 Å². The molecule has 0 saturated carbocycles. The average Bonchev–Trinajstić information content (AvgIpc) is 2.72. The lowest BCUT2D eigenvalue weighted by Crippen LogP contribution is -2.56. The van der Waals surface area contributed by atoms with Gasteiger partial charge < -0.3 is 26.2 Å². The maximum atomic E-state index is 12.5. The largest absolute Gasteiger partial charge is 0.445 e. The Balaban J connectivity index is 2.52. The van der Waals surface area contributed by atoms with Crippen molar-refractivity contribution < 1.29 is 24.2 Å². The topological polar surface area (TPSA) is 131 Å². The number of carbonyl (C=O) groups is 3. The molecule has 0 aromatic heterocycles. The molecule has 0 radical (unpaired) electrons. The molecule has 0 spiro atoms. The zero-order valence-electron chi connectivity index (χ0n) is 17.9. The highest BCUT2D eigenvalue weighted by Crippen LogP contribution is 2.09. The number of hydrogen-bond donors (Lipinski definition) is 4. The van der Waals surface area contributed by atoms with Crippen molar-refractivity contribution >= 4 is 17.9 Å². The van der Waals surface area contributed by atoms with Gasteiger partial charge in [-0.25, -0.2) is 4.79 Å². The molecule has 1 aromatic carbocycles. The number of aliphatic hydroxyl groups excluding tert-OH is 1. The number of nitrogens with one attached hydrogen (secondary N) is 2. The molecule has 0 unspecified atom stereocenters. The van der Waals surface area contributed by atoms with Gasteiger partial charge in [-0.15, -0.1) is 0 Å². The summed E-state index contributed by atoms with van der Waals surface area (Å²) in [4.78, 5) is 36.3. The SMILES string of the molecule is CCCCCCCC[C@@H](NC(=O)[C@@H](NC(=O)OCc1ccccc1)[C@@H](C)O)C(N)=O. The summed E-state index contributed by atoms with van der Waals surface area (Å²) in [5.41, 5.74) is 6.20. The quantitative estimate of drug-likeness (QED) is 0.343. The Morgan fingerprint density at radius 2 is 1.67 bits per heavy atom. The highest BCUT2D eigenvalue weighted by Gasteiger charge is 2.29. The van der Waals surface area contributed by atoms with Crippen LogP contribution >= 0.6 is 0 Å². The number of alkyl carbamates (subject to hydrolysis) is 1. The number of nitrogens with two attached hydrogens (primary N) is 1. The van der Waals surface area contributed by atoms with E-state index in [4.69, 9.17) is 10.5 Å². The number of hydrogen-bond acceptors (Lipinski definition) is 5. The molecule has 5 N–H and O–H groups in total. The summed E-state index contributed by atoms with van der Waals surface area (Å²) < 4.78 is 5.09. The van der Waals surface area contributed by atoms with Crippen LogP contribution in [-0.2, 0) is 20.9 Å². The summed E-state index contributed by atoms with van der Waals surface area (Å²) in [6.07, 6.45) is 4.63. The van der Waals surface area contributed by atoms with E-state index in [0.29, 0.717) is 6.42 Å². The molecule has 0 fully saturated rings. The molecule has 0 aliphatic rings. The Labute approximate surface area is 178 Å². The van der Waals surface area contributed by atoms with E-state index in [9.17, 15) is 19.5 Å². The van der Waals surface area contributed by atoms with Gasteiger partial charge in [0.1, 0.15) is 18.7 Å². The van der Waals surface area contributed by atoms with Gasteiger partial charge in [-0.1, -0.05) is 75.8 Å². The summed E-state index contributed by atoms with van der Waals surface area (Å²) >= 11 is 0. The minimum absolute atomic E-state index is 0.0305. The molecular weight excluding hydrogens is 386 g/mol. The summed E-state index contributed by atoms with van der Waals surface area (Å²) in [6, 6.07) is 6.95. The summed E-state index contributed by atoms with van der Waals surface area (Å²) in [5, 5.41) is 14.8. The van der Waals surface area contributed by atoms with E-state index >= 15 is 0 Å². The molecule has 8 heteroatoms. The van der Waals surface area contributed by atoms with E-state index in [0.717, 1.165) is 37.7 Å². The predicted octanol–water partition coefficient (Wildman–Crippen LogP) is 2.38. The fraction of sp³-hybridized carbons (Fsp3) is 0.591. The Morgan fingerprint density at radius 3 is 2.27 bits per heavy atom. The van der Waals surface area contributed by atoms with Crippen LogP contribution in [0.2, 0.25) is 0 Å². The van der Waals surface area contributed by atoms with Crippen molar-refractivity contribution in [3.63, 3.8) is 0 Å². The first-order valence-electron chi connectivity index (χ1n) is 10.6. The van der Waals surface area contributed by atoms with Crippen molar-refractivity contribution in [1.29, 1.82) is 0 Å². The van der Waals surface area contributed by atoms with E-state index in [-0.39, 0.29) is 6.61 Å². The standard InChI is InChI=1S/C22H35N3O5/c1-3-4-5-6-7-11-14-18(20(23)27)24-21(28)19(16(2)26)25-22(29)30-15-17-12-9-8-10-13-17/h8-10,12-13,16,18-19,26H,3-7,11,14-15H2,1-2H3,(H2,23,27)(H,24,28)(H,25,29)/t16-,18-,19+/m1/s1. The minimum atomic E-state index is -1.26. The Hall–Kier alpha value is -2.61. The number of primary amides is 1. The Bertz CT molecular complexity index is 651. The molecule has 8 nitrogen and oxygen atoms in total. The van der Waals surface area contributed by atoms with Crippen LogP contribution in [-0.4, -0.2) is 41.2 Å². The number of carbonyl (C=O) groups excluding carboxylic acids is 3. The number of benzene rings is 1. The van der Waals surface area contributed by atoms with E-state index in [1.807, 2.05) is 18.2 Å². The van der Waals surface area contributed by atoms with Crippen molar-refractivity contribution in [3.05, 3.63) is 35.9 Å². The highest BCUT2D eigenvalue weighted by atomic mass is 16.5. The van der Waals surface area contributed by atoms with Crippen LogP contribution in [0.4, 0.5) is 4.79 Å². The molecule has 168 valence electrons. The summed E-state index contributed by atoms with van der Waals surface area (Å²) in [6.45, 7) is 3.54. The fourth-order valence-corrected chi connectivity index (χ4v) is 2.97. The molecule has 30 heavy (non-hydrogen) atoms. The van der Waals surface area contributed by atoms with Crippen LogP contribution in [0.15, 0.2) is 30.3 Å². The maximum Gasteiger partial charge on any atom is 0.408 e. The van der Waals surface area contributed by atoms with Gasteiger partial charge >= 0.3 is 6.09 Å². The molecule has 3 amide bonds. The maximum absolute atomic E-state index is 12.5. The molecule has 0 bridgehead atoms. The number of rotatable bonds is 14. The molecule has 0 aliphatic carbocycles. The number of unbranched alkanes of at least 4 members (excludes halogenated alkanes) is 5. The zero-order valence-corrected chi connectivity index (χ0v) is 17.9. The van der Waals surface area contributed by atoms with Gasteiger partial charge in [0.25, 0.3) is 0 Å². The lowest BCUT2D eigenvalue weighted by molar-refractivity contribution is -0.130. The Kier molecular flexibility index (Phi) is 12.2. The number of amides is 3. The van der Waals surface area contributed by atoms with Crippen LogP contribution in [0.3, 0.4) is 0 Å². The minimum Gasteiger partial charge on any atom is -0.445 e. The average molecular weight is 422 g/mol. The third-order valence-electron chi connectivity index (χ3n) is 4.76. The highest BCUT2D eigenvalue weighted by molar-refractivity contribution is 5.91. The van der Waals surface area contributed by atoms with Gasteiger partial charge in [0.15, 0.2) is 0 Å². The molecular formula is C22H35N3O5. The first-order chi connectivity index (χ1) is 14.3. The van der Waals surface area contributed by atoms with E-state index in [1.165, 1.54) is 13.3 Å². The first-order valence-corrected chi connectivity index (χ1v) is 10.6. The fourth-order valence-electron chi connectivity index (χ4n) is 2.97. The molecule has 3 atom stereocenters. The summed E-state index contributed by atoms with van der Waals surface area (Å²) in [5.74, 6) is -1.33. The smallest absolute Gasteiger partial charge is 0.408 e. The van der Waals surface area contributed by atoms with Crippen LogP contribution in [0.25, 0.3) is 0 Å². The summed E-state index contributed by atoms with van der Waals surface area (Å²) in [7, 11) is 0. The van der Waals surface area contributed by atoms with E-state index < -0.39 is 36.1 Å². The third-order valence-corrected chi connectivity index (χ3v) is 4.76. The van der Waals surface area contributed by atoms with Gasteiger partial charge in [0, 0.05) is 0 Å². The number of ether oxygens (including phenoxy) is 1. The number of aliphatic hydroxyl groups is 1. The second-order valence-corrected chi connectivity index (χ2v) is 7.44. The van der Waals surface area contributed by atoms with Crippen LogP contribution < -0.4 is 16.4 Å². The van der Waals surface area contributed by atoms with Crippen LogP contribution in [0.1, 0.15) is 64.4 Å². The molecule has 0 aliphatic heterocycles. The molecule has 1 aromatic rings. The van der Waals surface area contributed by atoms with Gasteiger partial charge in [-0.3, -0.25) is 9.59 Å². The van der Waals surface area contributed by atoms with Gasteiger partial charge in [-0.05, 0) is 18.9 Å². The molecule has 0 saturated heterocycles. The van der Waals surface area contributed by atoms with Gasteiger partial charge in [0.05, 0.1) is 6.10 Å². The molecule has 1 rings (SSSR count). The third kappa shape index (κ3) is 10.2. The Morgan fingerprint density at radius 1 is 1.03 bits per heavy atom. The van der Waals surface area contributed by atoms with E-state index in [1.54, 1.807) is 12.1 Å². The van der Waals surface area contributed by atoms with Gasteiger partial charge in [0.2, 0.25) is 11.8 Å². The monoisotopic (exact) mass is 421 g/mol. The lowest BCUT2D eigenvalue weighted by atomic mass is 10.0. The van der Waals surface area contributed by atoms with Crippen molar-refractivity contribution in [2.24, 2.45) is 5.73 Å². The van der Waals surface area contributed by atoms with E-state index in [2.05, 4.69) is 17.6 Å². The van der Waals surface area contributed by atoms with Gasteiger partial charge in [-0.2, -0.15) is 0 Å². The van der Waals surface area contributed by atoms with Crippen LogP contribution in [0, 0.1) is 0 Å². The second kappa shape index (κ2) is 14.4. The first kappa shape index (κ1) is 25.4. The van der Waals surface area contributed by atoms with Crippen molar-refractivity contribution in [1.82, 2.24) is 10.6 Å². The normalized spacial score (nSPS) is 13.7. The molecule has 0 heterocycles.